The standard InChI is InChI=1S/C12H14O2/c1-7-4-8-6-14-11-3-2-10(13)9(5-7)12(8)11/h4,9,11-12H,1-3,5-6H2/t9-,11+,12-/m1/s1. The molecule has 1 saturated heterocycles. The van der Waals surface area contributed by atoms with Crippen LogP contribution in [-0.4, -0.2) is 18.5 Å². The largest absolute Gasteiger partial charge is 0.373 e. The maximum absolute atomic E-state index is 11.8. The van der Waals surface area contributed by atoms with E-state index in [2.05, 4.69) is 12.7 Å². The summed E-state index contributed by atoms with van der Waals surface area (Å²) in [4.78, 5) is 11.8. The van der Waals surface area contributed by atoms with E-state index in [-0.39, 0.29) is 5.92 Å². The van der Waals surface area contributed by atoms with Crippen molar-refractivity contribution in [3.8, 4) is 0 Å². The van der Waals surface area contributed by atoms with Crippen molar-refractivity contribution in [3.63, 3.8) is 0 Å². The Morgan fingerprint density at radius 3 is 3.21 bits per heavy atom. The first kappa shape index (κ1) is 8.42. The first-order valence-electron chi connectivity index (χ1n) is 5.28. The van der Waals surface area contributed by atoms with Crippen LogP contribution in [0, 0.1) is 11.8 Å². The number of allylic oxidation sites excluding steroid dienone is 2. The van der Waals surface area contributed by atoms with Gasteiger partial charge in [-0.2, -0.15) is 0 Å². The summed E-state index contributed by atoms with van der Waals surface area (Å²) < 4.78 is 5.71. The van der Waals surface area contributed by atoms with Gasteiger partial charge in [-0.3, -0.25) is 4.79 Å². The topological polar surface area (TPSA) is 26.3 Å². The fraction of sp³-hybridized carbons (Fsp3) is 0.583. The molecule has 3 atom stereocenters. The molecule has 74 valence electrons. The molecule has 0 aromatic rings. The zero-order chi connectivity index (χ0) is 9.71. The molecule has 0 spiro atoms. The molecule has 0 aromatic carbocycles. The lowest BCUT2D eigenvalue weighted by atomic mass is 9.68. The summed E-state index contributed by atoms with van der Waals surface area (Å²) in [6, 6.07) is 0. The minimum Gasteiger partial charge on any atom is -0.373 e. The van der Waals surface area contributed by atoms with Gasteiger partial charge in [0.1, 0.15) is 5.78 Å². The molecule has 0 aromatic heterocycles. The molecule has 0 bridgehead atoms. The van der Waals surface area contributed by atoms with E-state index in [0.29, 0.717) is 24.2 Å². The first-order valence-corrected chi connectivity index (χ1v) is 5.28. The molecule has 1 heterocycles. The zero-order valence-electron chi connectivity index (χ0n) is 8.16. The number of carbonyl (C=O) groups excluding carboxylic acids is 1. The van der Waals surface area contributed by atoms with Crippen LogP contribution in [0.5, 0.6) is 0 Å². The Hall–Kier alpha value is -0.890. The average molecular weight is 190 g/mol. The molecular weight excluding hydrogens is 176 g/mol. The number of carbonyl (C=O) groups is 1. The number of Topliss-reactive ketones (excluding diaryl/α,β-unsaturated/α-hetero) is 1. The fourth-order valence-electron chi connectivity index (χ4n) is 3.07. The van der Waals surface area contributed by atoms with Crippen molar-refractivity contribution in [2.45, 2.75) is 25.4 Å². The van der Waals surface area contributed by atoms with E-state index in [1.807, 2.05) is 0 Å². The summed E-state index contributed by atoms with van der Waals surface area (Å²) in [6.07, 6.45) is 4.93. The van der Waals surface area contributed by atoms with Crippen LogP contribution in [0.3, 0.4) is 0 Å². The molecule has 0 radical (unpaired) electrons. The summed E-state index contributed by atoms with van der Waals surface area (Å²) in [7, 11) is 0. The van der Waals surface area contributed by atoms with Gasteiger partial charge >= 0.3 is 0 Å². The summed E-state index contributed by atoms with van der Waals surface area (Å²) >= 11 is 0. The molecule has 2 aliphatic carbocycles. The Morgan fingerprint density at radius 1 is 1.50 bits per heavy atom. The van der Waals surface area contributed by atoms with Gasteiger partial charge in [0.15, 0.2) is 0 Å². The van der Waals surface area contributed by atoms with E-state index in [4.69, 9.17) is 4.74 Å². The summed E-state index contributed by atoms with van der Waals surface area (Å²) in [6.45, 7) is 4.69. The molecule has 2 heteroatoms. The normalized spacial score (nSPS) is 40.9. The van der Waals surface area contributed by atoms with Crippen molar-refractivity contribution in [2.75, 3.05) is 6.61 Å². The number of rotatable bonds is 0. The van der Waals surface area contributed by atoms with Gasteiger partial charge in [0.2, 0.25) is 0 Å². The fourth-order valence-corrected chi connectivity index (χ4v) is 3.07. The molecule has 2 nitrogen and oxygen atoms in total. The van der Waals surface area contributed by atoms with Crippen LogP contribution in [0.25, 0.3) is 0 Å². The van der Waals surface area contributed by atoms with E-state index in [1.54, 1.807) is 0 Å². The highest BCUT2D eigenvalue weighted by atomic mass is 16.5. The van der Waals surface area contributed by atoms with E-state index < -0.39 is 0 Å². The molecule has 0 amide bonds. The van der Waals surface area contributed by atoms with Crippen molar-refractivity contribution < 1.29 is 9.53 Å². The minimum atomic E-state index is 0.184. The van der Waals surface area contributed by atoms with Gasteiger partial charge in [-0.05, 0) is 18.4 Å². The summed E-state index contributed by atoms with van der Waals surface area (Å²) in [5, 5.41) is 0. The number of ether oxygens (including phenoxy) is 1. The molecule has 14 heavy (non-hydrogen) atoms. The quantitative estimate of drug-likeness (QED) is 0.583. The summed E-state index contributed by atoms with van der Waals surface area (Å²) in [5.41, 5.74) is 2.41. The van der Waals surface area contributed by atoms with Crippen molar-refractivity contribution in [3.05, 3.63) is 23.8 Å². The second-order valence-electron chi connectivity index (χ2n) is 4.57. The van der Waals surface area contributed by atoms with Crippen LogP contribution in [0.4, 0.5) is 0 Å². The third-order valence-electron chi connectivity index (χ3n) is 3.69. The van der Waals surface area contributed by atoms with Crippen molar-refractivity contribution in [1.29, 1.82) is 0 Å². The number of hydrogen-bond donors (Lipinski definition) is 0. The number of ketones is 1. The molecule has 1 aliphatic heterocycles. The van der Waals surface area contributed by atoms with E-state index >= 15 is 0 Å². The lowest BCUT2D eigenvalue weighted by Crippen LogP contribution is -2.38. The predicted molar refractivity (Wildman–Crippen MR) is 52.8 cm³/mol. The van der Waals surface area contributed by atoms with Gasteiger partial charge in [-0.1, -0.05) is 18.2 Å². The van der Waals surface area contributed by atoms with Crippen LogP contribution < -0.4 is 0 Å². The van der Waals surface area contributed by atoms with E-state index in [0.717, 1.165) is 25.0 Å². The average Bonchev–Trinajstić information content (AvgIpc) is 2.55. The third-order valence-corrected chi connectivity index (χ3v) is 3.69. The minimum absolute atomic E-state index is 0.184. The first-order chi connectivity index (χ1) is 6.75. The van der Waals surface area contributed by atoms with Crippen LogP contribution in [-0.2, 0) is 9.53 Å². The second-order valence-corrected chi connectivity index (χ2v) is 4.57. The van der Waals surface area contributed by atoms with E-state index in [9.17, 15) is 4.79 Å². The third kappa shape index (κ3) is 1.04. The molecule has 0 N–H and O–H groups in total. The summed E-state index contributed by atoms with van der Waals surface area (Å²) in [5.74, 6) is 0.994. The van der Waals surface area contributed by atoms with Crippen LogP contribution >= 0.6 is 0 Å². The Kier molecular flexibility index (Phi) is 1.68. The Bertz CT molecular complexity index is 340. The molecule has 3 aliphatic rings. The molecule has 1 saturated carbocycles. The Morgan fingerprint density at radius 2 is 2.36 bits per heavy atom. The molecule has 2 fully saturated rings. The van der Waals surface area contributed by atoms with E-state index in [1.165, 1.54) is 5.57 Å². The lowest BCUT2D eigenvalue weighted by Gasteiger charge is -2.34. The lowest BCUT2D eigenvalue weighted by molar-refractivity contribution is -0.128. The monoisotopic (exact) mass is 190 g/mol. The highest BCUT2D eigenvalue weighted by molar-refractivity contribution is 5.83. The number of hydrogen-bond acceptors (Lipinski definition) is 2. The zero-order valence-corrected chi connectivity index (χ0v) is 8.16. The predicted octanol–water partition coefficient (Wildman–Crippen LogP) is 1.87. The van der Waals surface area contributed by atoms with Gasteiger partial charge in [0, 0.05) is 18.3 Å². The van der Waals surface area contributed by atoms with Crippen molar-refractivity contribution in [2.24, 2.45) is 11.8 Å². The molecular formula is C12H14O2. The van der Waals surface area contributed by atoms with Gasteiger partial charge in [0.05, 0.1) is 12.7 Å². The Labute approximate surface area is 83.6 Å². The van der Waals surface area contributed by atoms with Crippen LogP contribution in [0.1, 0.15) is 19.3 Å². The Balaban J connectivity index is 2.03. The molecule has 0 unspecified atom stereocenters. The van der Waals surface area contributed by atoms with Crippen molar-refractivity contribution in [1.82, 2.24) is 0 Å². The highest BCUT2D eigenvalue weighted by Gasteiger charge is 2.46. The second kappa shape index (κ2) is 2.80. The van der Waals surface area contributed by atoms with Gasteiger partial charge in [-0.15, -0.1) is 0 Å². The van der Waals surface area contributed by atoms with Crippen LogP contribution in [0.2, 0.25) is 0 Å². The SMILES string of the molecule is C=C1C=C2CO[C@H]3CCC(=O)[C@@H](C1)[C@@H]23. The maximum Gasteiger partial charge on any atom is 0.137 e. The van der Waals surface area contributed by atoms with Gasteiger partial charge in [0.25, 0.3) is 0 Å². The highest BCUT2D eigenvalue weighted by Crippen LogP contribution is 2.45. The molecule has 3 rings (SSSR count). The van der Waals surface area contributed by atoms with Crippen LogP contribution in [0.15, 0.2) is 23.8 Å². The van der Waals surface area contributed by atoms with Gasteiger partial charge < -0.3 is 4.74 Å². The smallest absolute Gasteiger partial charge is 0.137 e. The van der Waals surface area contributed by atoms with Crippen molar-refractivity contribution >= 4 is 5.78 Å². The van der Waals surface area contributed by atoms with Gasteiger partial charge in [-0.25, -0.2) is 0 Å². The maximum atomic E-state index is 11.8.